The molecule has 0 bridgehead atoms. The Balaban J connectivity index is 1.73. The number of amides is 1. The molecule has 1 unspecified atom stereocenters. The van der Waals surface area contributed by atoms with Gasteiger partial charge >= 0.3 is 0 Å². The number of benzene rings is 1. The van der Waals surface area contributed by atoms with Crippen molar-refractivity contribution in [3.8, 4) is 5.75 Å². The van der Waals surface area contributed by atoms with Crippen molar-refractivity contribution in [3.63, 3.8) is 0 Å². The molecule has 1 aromatic carbocycles. The van der Waals surface area contributed by atoms with E-state index in [0.717, 1.165) is 25.0 Å². The van der Waals surface area contributed by atoms with E-state index in [1.807, 2.05) is 0 Å². The molecule has 2 rings (SSSR count). The zero-order chi connectivity index (χ0) is 13.8. The number of hydrogen-bond donors (Lipinski definition) is 2. The molecule has 1 aromatic rings. The molecule has 0 radical (unpaired) electrons. The number of halogens is 2. The van der Waals surface area contributed by atoms with Crippen molar-refractivity contribution in [1.82, 2.24) is 5.32 Å². The summed E-state index contributed by atoms with van der Waals surface area (Å²) in [6, 6.07) is 2.88. The molecule has 1 aliphatic rings. The van der Waals surface area contributed by atoms with E-state index in [1.165, 1.54) is 0 Å². The number of nitrogens with two attached hydrogens (primary N) is 1. The Labute approximate surface area is 109 Å². The lowest BCUT2D eigenvalue weighted by molar-refractivity contribution is -0.123. The number of ether oxygens (including phenoxy) is 1. The van der Waals surface area contributed by atoms with Crippen LogP contribution in [0.4, 0.5) is 8.78 Å². The standard InChI is InChI=1S/C13H16F2N2O2/c14-9-3-4-12(10(15)5-9)19-7-13(18)17-6-11(16)8-1-2-8/h3-5,8,11H,1-2,6-7,16H2,(H,17,18). The number of rotatable bonds is 6. The Kier molecular flexibility index (Phi) is 4.31. The minimum atomic E-state index is -0.831. The normalized spacial score (nSPS) is 15.9. The van der Waals surface area contributed by atoms with Gasteiger partial charge in [0.25, 0.3) is 5.91 Å². The molecule has 4 nitrogen and oxygen atoms in total. The minimum Gasteiger partial charge on any atom is -0.481 e. The van der Waals surface area contributed by atoms with E-state index in [-0.39, 0.29) is 24.3 Å². The van der Waals surface area contributed by atoms with E-state index in [9.17, 15) is 13.6 Å². The molecule has 1 fully saturated rings. The molecule has 0 aliphatic heterocycles. The summed E-state index contributed by atoms with van der Waals surface area (Å²) in [6.07, 6.45) is 2.21. The maximum Gasteiger partial charge on any atom is 0.257 e. The first-order valence-electron chi connectivity index (χ1n) is 6.16. The third kappa shape index (κ3) is 4.17. The summed E-state index contributed by atoms with van der Waals surface area (Å²) < 4.78 is 30.8. The molecule has 104 valence electrons. The molecule has 6 heteroatoms. The van der Waals surface area contributed by atoms with Gasteiger partial charge in [0, 0.05) is 18.7 Å². The van der Waals surface area contributed by atoms with Crippen molar-refractivity contribution in [2.75, 3.05) is 13.2 Å². The lowest BCUT2D eigenvalue weighted by Crippen LogP contribution is -2.40. The molecular weight excluding hydrogens is 254 g/mol. The van der Waals surface area contributed by atoms with Crippen molar-refractivity contribution in [3.05, 3.63) is 29.8 Å². The molecule has 0 spiro atoms. The summed E-state index contributed by atoms with van der Waals surface area (Å²) in [7, 11) is 0. The fraction of sp³-hybridized carbons (Fsp3) is 0.462. The summed E-state index contributed by atoms with van der Waals surface area (Å²) in [5.74, 6) is -1.55. The average Bonchev–Trinajstić information content (AvgIpc) is 3.19. The molecule has 0 aromatic heterocycles. The number of nitrogens with one attached hydrogen (secondary N) is 1. The van der Waals surface area contributed by atoms with E-state index in [2.05, 4.69) is 5.32 Å². The van der Waals surface area contributed by atoms with E-state index in [4.69, 9.17) is 10.5 Å². The van der Waals surface area contributed by atoms with E-state index >= 15 is 0 Å². The van der Waals surface area contributed by atoms with Crippen LogP contribution >= 0.6 is 0 Å². The van der Waals surface area contributed by atoms with Crippen molar-refractivity contribution in [1.29, 1.82) is 0 Å². The summed E-state index contributed by atoms with van der Waals surface area (Å²) in [5.41, 5.74) is 5.82. The number of carbonyl (C=O) groups excluding carboxylic acids is 1. The van der Waals surface area contributed by atoms with Crippen LogP contribution in [0.5, 0.6) is 5.75 Å². The second kappa shape index (κ2) is 5.97. The van der Waals surface area contributed by atoms with Gasteiger partial charge < -0.3 is 15.8 Å². The first-order chi connectivity index (χ1) is 9.06. The Morgan fingerprint density at radius 1 is 1.47 bits per heavy atom. The zero-order valence-electron chi connectivity index (χ0n) is 10.4. The average molecular weight is 270 g/mol. The van der Waals surface area contributed by atoms with Gasteiger partial charge in [0.2, 0.25) is 0 Å². The molecule has 3 N–H and O–H groups in total. The highest BCUT2D eigenvalue weighted by molar-refractivity contribution is 5.77. The van der Waals surface area contributed by atoms with Gasteiger partial charge in [-0.15, -0.1) is 0 Å². The highest BCUT2D eigenvalue weighted by atomic mass is 19.1. The topological polar surface area (TPSA) is 64.3 Å². The van der Waals surface area contributed by atoms with Crippen molar-refractivity contribution in [2.45, 2.75) is 18.9 Å². The van der Waals surface area contributed by atoms with Gasteiger partial charge in [-0.25, -0.2) is 8.78 Å². The smallest absolute Gasteiger partial charge is 0.257 e. The van der Waals surface area contributed by atoms with Crippen LogP contribution in [-0.2, 0) is 4.79 Å². The highest BCUT2D eigenvalue weighted by Gasteiger charge is 2.28. The summed E-state index contributed by atoms with van der Waals surface area (Å²) >= 11 is 0. The van der Waals surface area contributed by atoms with Crippen LogP contribution in [0.1, 0.15) is 12.8 Å². The van der Waals surface area contributed by atoms with Gasteiger partial charge in [-0.05, 0) is 30.9 Å². The Hall–Kier alpha value is -1.69. The van der Waals surface area contributed by atoms with Gasteiger partial charge in [0.05, 0.1) is 0 Å². The van der Waals surface area contributed by atoms with Gasteiger partial charge in [-0.3, -0.25) is 4.79 Å². The molecule has 1 atom stereocenters. The fourth-order valence-electron chi connectivity index (χ4n) is 1.71. The first kappa shape index (κ1) is 13.7. The van der Waals surface area contributed by atoms with Crippen LogP contribution in [0.2, 0.25) is 0 Å². The van der Waals surface area contributed by atoms with Crippen molar-refractivity contribution < 1.29 is 18.3 Å². The van der Waals surface area contributed by atoms with E-state index in [0.29, 0.717) is 18.5 Å². The Morgan fingerprint density at radius 2 is 2.21 bits per heavy atom. The predicted molar refractivity (Wildman–Crippen MR) is 65.6 cm³/mol. The summed E-state index contributed by atoms with van der Waals surface area (Å²) in [6.45, 7) is 0.0682. The van der Waals surface area contributed by atoms with Crippen LogP contribution in [0.25, 0.3) is 0 Å². The molecule has 0 heterocycles. The molecule has 0 saturated heterocycles. The Bertz CT molecular complexity index is 464. The zero-order valence-corrected chi connectivity index (χ0v) is 10.4. The minimum absolute atomic E-state index is 0.0356. The Morgan fingerprint density at radius 3 is 2.84 bits per heavy atom. The largest absolute Gasteiger partial charge is 0.481 e. The molecule has 1 aliphatic carbocycles. The van der Waals surface area contributed by atoms with Crippen molar-refractivity contribution >= 4 is 5.91 Å². The SMILES string of the molecule is NC(CNC(=O)COc1ccc(F)cc1F)C1CC1. The summed E-state index contributed by atoms with van der Waals surface area (Å²) in [5, 5.41) is 2.62. The van der Waals surface area contributed by atoms with Gasteiger partial charge in [-0.1, -0.05) is 0 Å². The molecule has 1 amide bonds. The monoisotopic (exact) mass is 270 g/mol. The maximum absolute atomic E-state index is 13.2. The fourth-order valence-corrected chi connectivity index (χ4v) is 1.71. The van der Waals surface area contributed by atoms with Crippen molar-refractivity contribution in [2.24, 2.45) is 11.7 Å². The van der Waals surface area contributed by atoms with Crippen LogP contribution in [0.3, 0.4) is 0 Å². The first-order valence-corrected chi connectivity index (χ1v) is 6.16. The number of carbonyl (C=O) groups is 1. The molecule has 1 saturated carbocycles. The van der Waals surface area contributed by atoms with Crippen LogP contribution < -0.4 is 15.8 Å². The lowest BCUT2D eigenvalue weighted by atomic mass is 10.2. The van der Waals surface area contributed by atoms with Crippen LogP contribution in [0, 0.1) is 17.6 Å². The molecular formula is C13H16F2N2O2. The second-order valence-electron chi connectivity index (χ2n) is 4.67. The van der Waals surface area contributed by atoms with Crippen LogP contribution in [0.15, 0.2) is 18.2 Å². The molecule has 19 heavy (non-hydrogen) atoms. The van der Waals surface area contributed by atoms with Crippen LogP contribution in [-0.4, -0.2) is 25.1 Å². The lowest BCUT2D eigenvalue weighted by Gasteiger charge is -2.12. The maximum atomic E-state index is 13.2. The van der Waals surface area contributed by atoms with E-state index in [1.54, 1.807) is 0 Å². The third-order valence-electron chi connectivity index (χ3n) is 3.02. The predicted octanol–water partition coefficient (Wildman–Crippen LogP) is 1.20. The highest BCUT2D eigenvalue weighted by Crippen LogP contribution is 2.31. The summed E-state index contributed by atoms with van der Waals surface area (Å²) in [4.78, 5) is 11.5. The second-order valence-corrected chi connectivity index (χ2v) is 4.67. The van der Waals surface area contributed by atoms with Gasteiger partial charge in [0.15, 0.2) is 18.2 Å². The van der Waals surface area contributed by atoms with E-state index < -0.39 is 11.6 Å². The number of hydrogen-bond acceptors (Lipinski definition) is 3. The van der Waals surface area contributed by atoms with Gasteiger partial charge in [-0.2, -0.15) is 0 Å². The third-order valence-corrected chi connectivity index (χ3v) is 3.02. The quantitative estimate of drug-likeness (QED) is 0.816. The van der Waals surface area contributed by atoms with Gasteiger partial charge in [0.1, 0.15) is 5.82 Å².